The van der Waals surface area contributed by atoms with Gasteiger partial charge in [0.25, 0.3) is 5.91 Å². The molecule has 0 saturated carbocycles. The minimum absolute atomic E-state index is 0.171. The fourth-order valence-electron chi connectivity index (χ4n) is 3.34. The van der Waals surface area contributed by atoms with Gasteiger partial charge in [0, 0.05) is 33.3 Å². The van der Waals surface area contributed by atoms with Gasteiger partial charge in [-0.05, 0) is 18.2 Å². The number of amides is 2. The number of halogens is 3. The molecule has 4 aromatic rings. The normalized spacial score (nSPS) is 11.5. The summed E-state index contributed by atoms with van der Waals surface area (Å²) in [5.41, 5.74) is 1.83. The Morgan fingerprint density at radius 3 is 2.56 bits per heavy atom. The Bertz CT molecular complexity index is 1460. The van der Waals surface area contributed by atoms with Crippen molar-refractivity contribution in [3.8, 4) is 11.5 Å². The van der Waals surface area contributed by atoms with E-state index in [2.05, 4.69) is 25.3 Å². The number of carbonyl (C=O) groups excluding carboxylic acids is 2. The van der Waals surface area contributed by atoms with E-state index in [4.69, 9.17) is 4.74 Å². The fourth-order valence-corrected chi connectivity index (χ4v) is 4.23. The first kappa shape index (κ1) is 25.0. The van der Waals surface area contributed by atoms with Gasteiger partial charge in [-0.25, -0.2) is 9.97 Å². The number of hydrogen-bond acceptors (Lipinski definition) is 8. The Labute approximate surface area is 206 Å². The highest BCUT2D eigenvalue weighted by Crippen LogP contribution is 2.34. The Kier molecular flexibility index (Phi) is 6.63. The Morgan fingerprint density at radius 2 is 1.89 bits per heavy atom. The number of methoxy groups -OCH3 is 1. The molecule has 0 radical (unpaired) electrons. The SMILES string of the molecule is COc1cc2c(cc1C(=O)NCC(=O)N(C)C)nc(Nc1nc3ccc(OC(F)(F)F)cc3s1)n2C. The summed E-state index contributed by atoms with van der Waals surface area (Å²) < 4.78 is 49.1. The fraction of sp³-hybridized carbons (Fsp3) is 0.273. The van der Waals surface area contributed by atoms with E-state index in [0.29, 0.717) is 38.1 Å². The van der Waals surface area contributed by atoms with Crippen LogP contribution in [0, 0.1) is 0 Å². The van der Waals surface area contributed by atoms with E-state index in [1.54, 1.807) is 37.8 Å². The lowest BCUT2D eigenvalue weighted by molar-refractivity contribution is -0.274. The quantitative estimate of drug-likeness (QED) is 0.381. The summed E-state index contributed by atoms with van der Waals surface area (Å²) in [5.74, 6) is -0.409. The standard InChI is InChI=1S/C22H21F3N6O4S/c1-30(2)18(32)10-26-19(33)12-8-14-15(9-16(12)34-4)31(3)20(27-14)29-21-28-13-6-5-11(7-17(13)36-21)35-22(23,24)25/h5-9H,10H2,1-4H3,(H,26,33)(H,27,28,29). The molecule has 0 fully saturated rings. The van der Waals surface area contributed by atoms with E-state index in [9.17, 15) is 22.8 Å². The van der Waals surface area contributed by atoms with E-state index in [1.807, 2.05) is 0 Å². The van der Waals surface area contributed by atoms with Crippen molar-refractivity contribution in [3.05, 3.63) is 35.9 Å². The van der Waals surface area contributed by atoms with E-state index in [-0.39, 0.29) is 23.8 Å². The highest BCUT2D eigenvalue weighted by Gasteiger charge is 2.31. The molecule has 0 aliphatic carbocycles. The summed E-state index contributed by atoms with van der Waals surface area (Å²) in [6.07, 6.45) is -4.79. The summed E-state index contributed by atoms with van der Waals surface area (Å²) >= 11 is 1.13. The topological polar surface area (TPSA) is 111 Å². The van der Waals surface area contributed by atoms with Crippen molar-refractivity contribution in [2.75, 3.05) is 33.1 Å². The maximum Gasteiger partial charge on any atom is 0.573 e. The third-order valence-electron chi connectivity index (χ3n) is 5.16. The number of rotatable bonds is 7. The molecule has 0 atom stereocenters. The first-order valence-corrected chi connectivity index (χ1v) is 11.2. The predicted molar refractivity (Wildman–Crippen MR) is 128 cm³/mol. The number of thiazole rings is 1. The molecule has 14 heteroatoms. The smallest absolute Gasteiger partial charge is 0.496 e. The number of nitrogens with zero attached hydrogens (tertiary/aromatic N) is 4. The average molecular weight is 523 g/mol. The molecule has 2 heterocycles. The number of imidazole rings is 1. The second-order valence-corrected chi connectivity index (χ2v) is 8.86. The van der Waals surface area contributed by atoms with Crippen LogP contribution in [0.3, 0.4) is 0 Å². The molecule has 4 rings (SSSR count). The van der Waals surface area contributed by atoms with Crippen molar-refractivity contribution >= 4 is 55.5 Å². The molecule has 0 aliphatic rings. The van der Waals surface area contributed by atoms with E-state index in [0.717, 1.165) is 11.3 Å². The highest BCUT2D eigenvalue weighted by atomic mass is 32.1. The molecule has 2 amide bonds. The molecule has 36 heavy (non-hydrogen) atoms. The number of likely N-dealkylation sites (N-methyl/N-ethyl adjacent to an activating group) is 1. The lowest BCUT2D eigenvalue weighted by Crippen LogP contribution is -2.36. The predicted octanol–water partition coefficient (Wildman–Crippen LogP) is 3.65. The van der Waals surface area contributed by atoms with Crippen LogP contribution in [0.25, 0.3) is 21.3 Å². The van der Waals surface area contributed by atoms with Crippen LogP contribution in [0.5, 0.6) is 11.5 Å². The Morgan fingerprint density at radius 1 is 1.14 bits per heavy atom. The van der Waals surface area contributed by atoms with Gasteiger partial charge in [-0.15, -0.1) is 13.2 Å². The van der Waals surface area contributed by atoms with E-state index >= 15 is 0 Å². The van der Waals surface area contributed by atoms with Crippen LogP contribution >= 0.6 is 11.3 Å². The zero-order valence-corrected chi connectivity index (χ0v) is 20.4. The van der Waals surface area contributed by atoms with Crippen molar-refractivity contribution in [1.82, 2.24) is 24.8 Å². The average Bonchev–Trinajstić information content (AvgIpc) is 3.34. The molecule has 190 valence electrons. The van der Waals surface area contributed by atoms with E-state index in [1.165, 1.54) is 30.2 Å². The van der Waals surface area contributed by atoms with Crippen LogP contribution in [0.1, 0.15) is 10.4 Å². The third-order valence-corrected chi connectivity index (χ3v) is 6.09. The highest BCUT2D eigenvalue weighted by molar-refractivity contribution is 7.22. The number of nitrogens with one attached hydrogen (secondary N) is 2. The number of aryl methyl sites for hydroxylation is 1. The van der Waals surface area contributed by atoms with Gasteiger partial charge in [-0.3, -0.25) is 9.59 Å². The molecule has 0 saturated heterocycles. The molecule has 0 aliphatic heterocycles. The third kappa shape index (κ3) is 5.27. The molecule has 0 spiro atoms. The molecular weight excluding hydrogens is 501 g/mol. The zero-order valence-electron chi connectivity index (χ0n) is 19.6. The van der Waals surface area contributed by atoms with Crippen molar-refractivity contribution in [1.29, 1.82) is 0 Å². The molecule has 0 unspecified atom stereocenters. The van der Waals surface area contributed by atoms with E-state index < -0.39 is 12.3 Å². The summed E-state index contributed by atoms with van der Waals surface area (Å²) in [6.45, 7) is -0.171. The summed E-state index contributed by atoms with van der Waals surface area (Å²) in [4.78, 5) is 34.8. The lowest BCUT2D eigenvalue weighted by atomic mass is 10.1. The molecule has 2 N–H and O–H groups in total. The van der Waals surface area contributed by atoms with Gasteiger partial charge in [0.1, 0.15) is 11.5 Å². The summed E-state index contributed by atoms with van der Waals surface area (Å²) in [6, 6.07) is 7.09. The van der Waals surface area contributed by atoms with Gasteiger partial charge in [0.15, 0.2) is 5.13 Å². The first-order chi connectivity index (χ1) is 16.9. The molecular formula is C22H21F3N6O4S. The number of benzene rings is 2. The number of anilines is 2. The number of ether oxygens (including phenoxy) is 2. The lowest BCUT2D eigenvalue weighted by Gasteiger charge is -2.12. The Hall–Kier alpha value is -4.07. The second-order valence-electron chi connectivity index (χ2n) is 7.83. The van der Waals surface area contributed by atoms with Crippen LogP contribution in [-0.2, 0) is 11.8 Å². The largest absolute Gasteiger partial charge is 0.573 e. The first-order valence-electron chi connectivity index (χ1n) is 10.4. The van der Waals surface area contributed by atoms with Crippen LogP contribution in [-0.4, -0.2) is 65.4 Å². The second kappa shape index (κ2) is 9.53. The molecule has 10 nitrogen and oxygen atoms in total. The summed E-state index contributed by atoms with van der Waals surface area (Å²) in [5, 5.41) is 6.03. The van der Waals surface area contributed by atoms with Gasteiger partial charge >= 0.3 is 6.36 Å². The molecule has 2 aromatic carbocycles. The maximum absolute atomic E-state index is 12.7. The van der Waals surface area contributed by atoms with Crippen molar-refractivity contribution in [2.45, 2.75) is 6.36 Å². The van der Waals surface area contributed by atoms with Gasteiger partial charge in [-0.2, -0.15) is 0 Å². The number of fused-ring (bicyclic) bond motifs is 2. The van der Waals surface area contributed by atoms with Crippen molar-refractivity contribution in [3.63, 3.8) is 0 Å². The van der Waals surface area contributed by atoms with Crippen LogP contribution in [0.2, 0.25) is 0 Å². The number of alkyl halides is 3. The van der Waals surface area contributed by atoms with Crippen LogP contribution < -0.4 is 20.1 Å². The van der Waals surface area contributed by atoms with Crippen molar-refractivity contribution < 1.29 is 32.2 Å². The van der Waals surface area contributed by atoms with Crippen LogP contribution in [0.4, 0.5) is 24.3 Å². The minimum Gasteiger partial charge on any atom is -0.496 e. The van der Waals surface area contributed by atoms with Gasteiger partial charge in [0.2, 0.25) is 11.9 Å². The van der Waals surface area contributed by atoms with Crippen LogP contribution in [0.15, 0.2) is 30.3 Å². The summed E-state index contributed by atoms with van der Waals surface area (Å²) in [7, 11) is 6.35. The van der Waals surface area contributed by atoms with Gasteiger partial charge in [0.05, 0.1) is 40.5 Å². The van der Waals surface area contributed by atoms with Gasteiger partial charge in [-0.1, -0.05) is 11.3 Å². The van der Waals surface area contributed by atoms with Crippen molar-refractivity contribution in [2.24, 2.45) is 7.05 Å². The number of carbonyl (C=O) groups is 2. The zero-order chi connectivity index (χ0) is 26.2. The molecule has 2 aromatic heterocycles. The number of aromatic nitrogens is 3. The monoisotopic (exact) mass is 522 g/mol. The van der Waals surface area contributed by atoms with Gasteiger partial charge < -0.3 is 29.6 Å². The number of hydrogen-bond donors (Lipinski definition) is 2. The maximum atomic E-state index is 12.7. The Balaban J connectivity index is 1.61. The minimum atomic E-state index is -4.79. The molecule has 0 bridgehead atoms.